The van der Waals surface area contributed by atoms with E-state index in [4.69, 9.17) is 9.47 Å². The Labute approximate surface area is 195 Å². The molecule has 0 aliphatic carbocycles. The summed E-state index contributed by atoms with van der Waals surface area (Å²) in [7, 11) is 2.73. The first-order valence-corrected chi connectivity index (χ1v) is 11.0. The van der Waals surface area contributed by atoms with Crippen LogP contribution in [0.1, 0.15) is 17.0 Å². The van der Waals surface area contributed by atoms with Gasteiger partial charge in [-0.05, 0) is 24.6 Å². The molecule has 0 spiro atoms. The van der Waals surface area contributed by atoms with Crippen molar-refractivity contribution in [2.75, 3.05) is 25.3 Å². The van der Waals surface area contributed by atoms with Crippen LogP contribution < -0.4 is 15.4 Å². The van der Waals surface area contributed by atoms with Gasteiger partial charge in [0.25, 0.3) is 0 Å². The molecule has 2 N–H and O–H groups in total. The number of allylic oxidation sites excluding steroid dienone is 1. The fourth-order valence-electron chi connectivity index (χ4n) is 3.49. The van der Waals surface area contributed by atoms with E-state index >= 15 is 0 Å². The number of rotatable bonds is 7. The maximum atomic E-state index is 12.8. The van der Waals surface area contributed by atoms with Crippen LogP contribution in [0.25, 0.3) is 0 Å². The highest BCUT2D eigenvalue weighted by atomic mass is 32.2. The number of nitrogens with one attached hydrogen (secondary N) is 2. The van der Waals surface area contributed by atoms with Crippen molar-refractivity contribution < 1.29 is 23.9 Å². The largest absolute Gasteiger partial charge is 0.497 e. The van der Waals surface area contributed by atoms with Gasteiger partial charge in [0.2, 0.25) is 11.8 Å². The molecule has 1 heterocycles. The average Bonchev–Trinajstić information content (AvgIpc) is 2.82. The smallest absolute Gasteiger partial charge is 0.319 e. The summed E-state index contributed by atoms with van der Waals surface area (Å²) in [6.45, 7) is 1.92. The van der Waals surface area contributed by atoms with Crippen LogP contribution in [-0.4, -0.2) is 37.8 Å². The molecule has 33 heavy (non-hydrogen) atoms. The van der Waals surface area contributed by atoms with Crippen molar-refractivity contribution in [1.29, 1.82) is 5.26 Å². The second kappa shape index (κ2) is 10.7. The van der Waals surface area contributed by atoms with Gasteiger partial charge in [0.15, 0.2) is 0 Å². The van der Waals surface area contributed by atoms with E-state index in [-0.39, 0.29) is 22.3 Å². The summed E-state index contributed by atoms with van der Waals surface area (Å²) in [6.07, 6.45) is 0. The monoisotopic (exact) mass is 465 g/mol. The molecule has 0 bridgehead atoms. The maximum Gasteiger partial charge on any atom is 0.319 e. The number of ether oxygens (including phenoxy) is 2. The van der Waals surface area contributed by atoms with Gasteiger partial charge in [-0.3, -0.25) is 14.4 Å². The van der Waals surface area contributed by atoms with Crippen LogP contribution in [0.2, 0.25) is 0 Å². The minimum Gasteiger partial charge on any atom is -0.497 e. The summed E-state index contributed by atoms with van der Waals surface area (Å²) >= 11 is 1.02. The summed E-state index contributed by atoms with van der Waals surface area (Å²) < 4.78 is 9.98. The lowest BCUT2D eigenvalue weighted by Crippen LogP contribution is -2.44. The number of nitriles is 1. The highest BCUT2D eigenvalue weighted by Gasteiger charge is 2.44. The van der Waals surface area contributed by atoms with E-state index in [0.717, 1.165) is 17.3 Å². The third kappa shape index (κ3) is 5.54. The first-order valence-electron chi connectivity index (χ1n) is 10.0. The zero-order chi connectivity index (χ0) is 24.0. The van der Waals surface area contributed by atoms with Crippen LogP contribution in [0.4, 0.5) is 5.69 Å². The Morgan fingerprint density at radius 2 is 1.91 bits per heavy atom. The van der Waals surface area contributed by atoms with Crippen molar-refractivity contribution in [3.8, 4) is 11.8 Å². The highest BCUT2D eigenvalue weighted by Crippen LogP contribution is 2.40. The van der Waals surface area contributed by atoms with Gasteiger partial charge in [-0.15, -0.1) is 0 Å². The molecule has 0 saturated carbocycles. The molecule has 2 aromatic carbocycles. The predicted octanol–water partition coefficient (Wildman–Crippen LogP) is 3.11. The van der Waals surface area contributed by atoms with E-state index in [2.05, 4.69) is 16.7 Å². The second-order valence-electron chi connectivity index (χ2n) is 7.30. The average molecular weight is 466 g/mol. The van der Waals surface area contributed by atoms with E-state index in [0.29, 0.717) is 17.0 Å². The van der Waals surface area contributed by atoms with Crippen molar-refractivity contribution >= 4 is 35.2 Å². The summed E-state index contributed by atoms with van der Waals surface area (Å²) in [4.78, 5) is 37.7. The molecule has 8 nitrogen and oxygen atoms in total. The highest BCUT2D eigenvalue weighted by molar-refractivity contribution is 8.03. The van der Waals surface area contributed by atoms with Gasteiger partial charge >= 0.3 is 5.97 Å². The second-order valence-corrected chi connectivity index (χ2v) is 8.29. The SMILES string of the molecule is COC(=O)[C@H]1C(=O)NC(SCC(=O)Nc2cccc(OC)c2)=C(C#N)[C@@H]1c1ccc(C)cc1. The number of nitrogens with zero attached hydrogens (tertiary/aromatic N) is 1. The Kier molecular flexibility index (Phi) is 7.74. The van der Waals surface area contributed by atoms with E-state index in [1.165, 1.54) is 14.2 Å². The van der Waals surface area contributed by atoms with Crippen molar-refractivity contribution in [3.63, 3.8) is 0 Å². The van der Waals surface area contributed by atoms with Gasteiger partial charge in [0.1, 0.15) is 11.7 Å². The number of benzene rings is 2. The molecular weight excluding hydrogens is 442 g/mol. The minimum atomic E-state index is -1.21. The topological polar surface area (TPSA) is 118 Å². The minimum absolute atomic E-state index is 0.0541. The molecule has 9 heteroatoms. The van der Waals surface area contributed by atoms with E-state index in [1.54, 1.807) is 36.4 Å². The Bertz CT molecular complexity index is 1140. The van der Waals surface area contributed by atoms with Crippen LogP contribution in [0.15, 0.2) is 59.1 Å². The van der Waals surface area contributed by atoms with Crippen LogP contribution >= 0.6 is 11.8 Å². The Balaban J connectivity index is 1.86. The fourth-order valence-corrected chi connectivity index (χ4v) is 4.34. The summed E-state index contributed by atoms with van der Waals surface area (Å²) in [5.41, 5.74) is 2.40. The molecule has 1 aliphatic heterocycles. The number of hydrogen-bond acceptors (Lipinski definition) is 7. The number of thioether (sulfide) groups is 1. The third-order valence-electron chi connectivity index (χ3n) is 5.12. The lowest BCUT2D eigenvalue weighted by molar-refractivity contribution is -0.150. The summed E-state index contributed by atoms with van der Waals surface area (Å²) in [6, 6.07) is 16.3. The van der Waals surface area contributed by atoms with Gasteiger partial charge in [0.05, 0.1) is 36.6 Å². The lowest BCUT2D eigenvalue weighted by atomic mass is 9.78. The number of anilines is 1. The van der Waals surface area contributed by atoms with Crippen LogP contribution in [0.3, 0.4) is 0 Å². The summed E-state index contributed by atoms with van der Waals surface area (Å²) in [5, 5.41) is 15.5. The number of esters is 1. The van der Waals surface area contributed by atoms with Crippen LogP contribution in [0.5, 0.6) is 5.75 Å². The Hall–Kier alpha value is -3.77. The first kappa shape index (κ1) is 23.9. The molecular formula is C24H23N3O5S. The van der Waals surface area contributed by atoms with Crippen molar-refractivity contribution in [2.24, 2.45) is 5.92 Å². The van der Waals surface area contributed by atoms with E-state index in [9.17, 15) is 19.6 Å². The molecule has 1 aliphatic rings. The molecule has 2 amide bonds. The zero-order valence-electron chi connectivity index (χ0n) is 18.4. The van der Waals surface area contributed by atoms with Gasteiger partial charge < -0.3 is 20.1 Å². The van der Waals surface area contributed by atoms with E-state index < -0.39 is 23.7 Å². The first-order chi connectivity index (χ1) is 15.9. The number of hydrogen-bond donors (Lipinski definition) is 2. The number of methoxy groups -OCH3 is 2. The van der Waals surface area contributed by atoms with Gasteiger partial charge in [-0.1, -0.05) is 47.7 Å². The summed E-state index contributed by atoms with van der Waals surface area (Å²) in [5.74, 6) is -3.11. The Morgan fingerprint density at radius 1 is 1.18 bits per heavy atom. The van der Waals surface area contributed by atoms with Crippen molar-refractivity contribution in [3.05, 3.63) is 70.3 Å². The molecule has 0 aromatic heterocycles. The van der Waals surface area contributed by atoms with E-state index in [1.807, 2.05) is 19.1 Å². The Morgan fingerprint density at radius 3 is 2.55 bits per heavy atom. The molecule has 3 rings (SSSR count). The number of amides is 2. The zero-order valence-corrected chi connectivity index (χ0v) is 19.2. The molecule has 2 atom stereocenters. The quantitative estimate of drug-likeness (QED) is 0.476. The fraction of sp³-hybridized carbons (Fsp3) is 0.250. The van der Waals surface area contributed by atoms with Gasteiger partial charge in [0, 0.05) is 17.7 Å². The predicted molar refractivity (Wildman–Crippen MR) is 124 cm³/mol. The standard InChI is InChI=1S/C24H23N3O5S/c1-14-7-9-15(10-8-14)20-18(12-25)23(27-22(29)21(20)24(30)32-3)33-13-19(28)26-16-5-4-6-17(11-16)31-2/h4-11,20-21H,13H2,1-3H3,(H,26,28)(H,27,29)/t20-,21+/m0/s1. The van der Waals surface area contributed by atoms with Crippen molar-refractivity contribution in [2.45, 2.75) is 12.8 Å². The number of aryl methyl sites for hydroxylation is 1. The molecule has 0 radical (unpaired) electrons. The molecule has 170 valence electrons. The maximum absolute atomic E-state index is 12.8. The number of carbonyl (C=O) groups excluding carboxylic acids is 3. The molecule has 2 aromatic rings. The lowest BCUT2D eigenvalue weighted by Gasteiger charge is -2.31. The van der Waals surface area contributed by atoms with Crippen LogP contribution in [-0.2, 0) is 19.1 Å². The normalized spacial score (nSPS) is 17.6. The number of carbonyl (C=O) groups is 3. The third-order valence-corrected chi connectivity index (χ3v) is 6.14. The molecule has 0 saturated heterocycles. The van der Waals surface area contributed by atoms with Gasteiger partial charge in [-0.2, -0.15) is 5.26 Å². The molecule has 0 unspecified atom stereocenters. The molecule has 0 fully saturated rings. The van der Waals surface area contributed by atoms with Gasteiger partial charge in [-0.25, -0.2) is 0 Å². The van der Waals surface area contributed by atoms with Crippen molar-refractivity contribution in [1.82, 2.24) is 5.32 Å². The van der Waals surface area contributed by atoms with Crippen LogP contribution in [0, 0.1) is 24.2 Å².